The van der Waals surface area contributed by atoms with E-state index in [-0.39, 0.29) is 11.6 Å². The lowest BCUT2D eigenvalue weighted by atomic mass is 10.2. The molecule has 0 radical (unpaired) electrons. The molecule has 0 fully saturated rings. The number of thiazole rings is 1. The highest BCUT2D eigenvalue weighted by Crippen LogP contribution is 2.24. The second-order valence-corrected chi connectivity index (χ2v) is 5.50. The first-order chi connectivity index (χ1) is 9.61. The smallest absolute Gasteiger partial charge is 0.250 e. The van der Waals surface area contributed by atoms with Gasteiger partial charge in [0.25, 0.3) is 5.56 Å². The summed E-state index contributed by atoms with van der Waals surface area (Å²) in [6, 6.07) is 3.54. The Kier molecular flexibility index (Phi) is 4.92. The number of pyridine rings is 1. The number of ether oxygens (including phenoxy) is 1. The van der Waals surface area contributed by atoms with Crippen molar-refractivity contribution in [1.82, 2.24) is 9.55 Å². The quantitative estimate of drug-likeness (QED) is 0.888. The molecule has 0 aliphatic carbocycles. The molecule has 1 N–H and O–H groups in total. The van der Waals surface area contributed by atoms with Gasteiger partial charge in [0, 0.05) is 30.8 Å². The zero-order valence-corrected chi connectivity index (χ0v) is 12.7. The Hall–Kier alpha value is -1.66. The molecule has 0 aliphatic rings. The van der Waals surface area contributed by atoms with Crippen molar-refractivity contribution >= 4 is 17.0 Å². The SMILES string of the molecule is COCCn1cc(NC(C)c2scnc2C)ccc1=O. The predicted octanol–water partition coefficient (Wildman–Crippen LogP) is 2.43. The summed E-state index contributed by atoms with van der Waals surface area (Å²) in [7, 11) is 1.63. The summed E-state index contributed by atoms with van der Waals surface area (Å²) in [4.78, 5) is 17.2. The van der Waals surface area contributed by atoms with E-state index in [0.29, 0.717) is 13.2 Å². The van der Waals surface area contributed by atoms with Gasteiger partial charge in [-0.1, -0.05) is 0 Å². The molecule has 0 aliphatic heterocycles. The van der Waals surface area contributed by atoms with E-state index in [4.69, 9.17) is 4.74 Å². The first kappa shape index (κ1) is 14.7. The van der Waals surface area contributed by atoms with Gasteiger partial charge in [-0.2, -0.15) is 0 Å². The monoisotopic (exact) mass is 293 g/mol. The van der Waals surface area contributed by atoms with Crippen molar-refractivity contribution < 1.29 is 4.74 Å². The van der Waals surface area contributed by atoms with E-state index in [1.54, 1.807) is 35.1 Å². The van der Waals surface area contributed by atoms with Crippen LogP contribution in [0.3, 0.4) is 0 Å². The van der Waals surface area contributed by atoms with E-state index in [0.717, 1.165) is 11.4 Å². The van der Waals surface area contributed by atoms with E-state index in [9.17, 15) is 4.79 Å². The standard InChI is InChI=1S/C14H19N3O2S/c1-10-14(20-9-15-10)11(2)16-12-4-5-13(18)17(8-12)6-7-19-3/h4-5,8-9,11,16H,6-7H2,1-3H3. The van der Waals surface area contributed by atoms with Crippen LogP contribution in [0.1, 0.15) is 23.5 Å². The van der Waals surface area contributed by atoms with Crippen LogP contribution in [0, 0.1) is 6.92 Å². The summed E-state index contributed by atoms with van der Waals surface area (Å²) in [5.41, 5.74) is 3.79. The third-order valence-electron chi connectivity index (χ3n) is 3.08. The Morgan fingerprint density at radius 2 is 2.30 bits per heavy atom. The van der Waals surface area contributed by atoms with Crippen LogP contribution in [-0.4, -0.2) is 23.3 Å². The minimum absolute atomic E-state index is 0.0192. The molecule has 0 saturated carbocycles. The maximum Gasteiger partial charge on any atom is 0.250 e. The number of hydrogen-bond donors (Lipinski definition) is 1. The Morgan fingerprint density at radius 1 is 1.50 bits per heavy atom. The summed E-state index contributed by atoms with van der Waals surface area (Å²) in [5.74, 6) is 0. The summed E-state index contributed by atoms with van der Waals surface area (Å²) in [6.07, 6.45) is 1.83. The van der Waals surface area contributed by atoms with Crippen molar-refractivity contribution in [2.45, 2.75) is 26.4 Å². The average molecular weight is 293 g/mol. The molecular weight excluding hydrogens is 274 g/mol. The lowest BCUT2D eigenvalue weighted by Crippen LogP contribution is -2.21. The lowest BCUT2D eigenvalue weighted by Gasteiger charge is -2.15. The van der Waals surface area contributed by atoms with Crippen molar-refractivity contribution in [3.63, 3.8) is 0 Å². The molecular formula is C14H19N3O2S. The molecule has 6 heteroatoms. The highest BCUT2D eigenvalue weighted by molar-refractivity contribution is 7.09. The van der Waals surface area contributed by atoms with Gasteiger partial charge in [-0.3, -0.25) is 4.79 Å². The number of aryl methyl sites for hydroxylation is 1. The first-order valence-corrected chi connectivity index (χ1v) is 7.35. The Morgan fingerprint density at radius 3 is 2.95 bits per heavy atom. The molecule has 0 amide bonds. The van der Waals surface area contributed by atoms with Gasteiger partial charge in [0.15, 0.2) is 0 Å². The highest BCUT2D eigenvalue weighted by Gasteiger charge is 2.11. The van der Waals surface area contributed by atoms with Gasteiger partial charge in [-0.05, 0) is 19.9 Å². The number of nitrogens with zero attached hydrogens (tertiary/aromatic N) is 2. The van der Waals surface area contributed by atoms with Gasteiger partial charge in [0.2, 0.25) is 0 Å². The van der Waals surface area contributed by atoms with E-state index in [1.807, 2.05) is 18.6 Å². The molecule has 0 aromatic carbocycles. The van der Waals surface area contributed by atoms with E-state index in [1.165, 1.54) is 4.88 Å². The van der Waals surface area contributed by atoms with Gasteiger partial charge < -0.3 is 14.6 Å². The van der Waals surface area contributed by atoms with Crippen LogP contribution in [0.5, 0.6) is 0 Å². The topological polar surface area (TPSA) is 56.1 Å². The lowest BCUT2D eigenvalue weighted by molar-refractivity contribution is 0.186. The average Bonchev–Trinajstić information content (AvgIpc) is 2.85. The van der Waals surface area contributed by atoms with E-state index >= 15 is 0 Å². The molecule has 2 rings (SSSR count). The number of aromatic nitrogens is 2. The van der Waals surface area contributed by atoms with Crippen molar-refractivity contribution in [3.8, 4) is 0 Å². The van der Waals surface area contributed by atoms with Gasteiger partial charge in [-0.15, -0.1) is 11.3 Å². The largest absolute Gasteiger partial charge is 0.383 e. The van der Waals surface area contributed by atoms with Crippen molar-refractivity contribution in [2.24, 2.45) is 0 Å². The third kappa shape index (κ3) is 3.46. The summed E-state index contributed by atoms with van der Waals surface area (Å²) < 4.78 is 6.66. The molecule has 0 spiro atoms. The van der Waals surface area contributed by atoms with E-state index < -0.39 is 0 Å². The Balaban J connectivity index is 2.13. The number of methoxy groups -OCH3 is 1. The fourth-order valence-corrected chi connectivity index (χ4v) is 2.83. The second kappa shape index (κ2) is 6.67. The highest BCUT2D eigenvalue weighted by atomic mass is 32.1. The molecule has 2 aromatic rings. The van der Waals surface area contributed by atoms with Crippen LogP contribution in [0.2, 0.25) is 0 Å². The fourth-order valence-electron chi connectivity index (χ4n) is 2.02. The third-order valence-corrected chi connectivity index (χ3v) is 4.19. The van der Waals surface area contributed by atoms with Crippen molar-refractivity contribution in [3.05, 3.63) is 44.8 Å². The Bertz CT molecular complexity index is 621. The first-order valence-electron chi connectivity index (χ1n) is 6.47. The normalized spacial score (nSPS) is 12.3. The van der Waals surface area contributed by atoms with Crippen LogP contribution in [0.4, 0.5) is 5.69 Å². The van der Waals surface area contributed by atoms with Gasteiger partial charge >= 0.3 is 0 Å². The van der Waals surface area contributed by atoms with Crippen LogP contribution in [-0.2, 0) is 11.3 Å². The molecule has 20 heavy (non-hydrogen) atoms. The maximum atomic E-state index is 11.7. The van der Waals surface area contributed by atoms with Crippen LogP contribution < -0.4 is 10.9 Å². The predicted molar refractivity (Wildman–Crippen MR) is 81.5 cm³/mol. The van der Waals surface area contributed by atoms with Gasteiger partial charge in [0.05, 0.1) is 29.5 Å². The minimum Gasteiger partial charge on any atom is -0.383 e. The van der Waals surface area contributed by atoms with Crippen molar-refractivity contribution in [1.29, 1.82) is 0 Å². The molecule has 5 nitrogen and oxygen atoms in total. The van der Waals surface area contributed by atoms with Crippen LogP contribution in [0.25, 0.3) is 0 Å². The van der Waals surface area contributed by atoms with Gasteiger partial charge in [0.1, 0.15) is 0 Å². The number of hydrogen-bond acceptors (Lipinski definition) is 5. The zero-order chi connectivity index (χ0) is 14.5. The molecule has 2 aromatic heterocycles. The fraction of sp³-hybridized carbons (Fsp3) is 0.429. The van der Waals surface area contributed by atoms with E-state index in [2.05, 4.69) is 17.2 Å². The zero-order valence-electron chi connectivity index (χ0n) is 11.9. The minimum atomic E-state index is -0.0192. The maximum absolute atomic E-state index is 11.7. The molecule has 1 unspecified atom stereocenters. The van der Waals surface area contributed by atoms with Crippen LogP contribution in [0.15, 0.2) is 28.6 Å². The number of rotatable bonds is 6. The number of anilines is 1. The second-order valence-electron chi connectivity index (χ2n) is 4.61. The number of nitrogens with one attached hydrogen (secondary N) is 1. The Labute approximate surface area is 122 Å². The molecule has 0 bridgehead atoms. The van der Waals surface area contributed by atoms with Crippen LogP contribution >= 0.6 is 11.3 Å². The van der Waals surface area contributed by atoms with Gasteiger partial charge in [-0.25, -0.2) is 4.98 Å². The summed E-state index contributed by atoms with van der Waals surface area (Å²) in [5, 5.41) is 3.40. The molecule has 1 atom stereocenters. The van der Waals surface area contributed by atoms with Crippen molar-refractivity contribution in [2.75, 3.05) is 19.0 Å². The summed E-state index contributed by atoms with van der Waals surface area (Å²) >= 11 is 1.64. The molecule has 108 valence electrons. The summed E-state index contributed by atoms with van der Waals surface area (Å²) in [6.45, 7) is 5.17. The molecule has 0 saturated heterocycles. The molecule has 2 heterocycles.